The number of aryl methyl sites for hydroxylation is 2. The third kappa shape index (κ3) is 2.61. The van der Waals surface area contributed by atoms with Gasteiger partial charge in [-0.25, -0.2) is 4.98 Å². The number of hydrogen-bond acceptors (Lipinski definition) is 5. The lowest BCUT2D eigenvalue weighted by atomic mass is 10.1. The van der Waals surface area contributed by atoms with E-state index in [1.807, 2.05) is 31.8 Å². The van der Waals surface area contributed by atoms with Crippen molar-refractivity contribution in [1.29, 1.82) is 0 Å². The number of H-pyrrole nitrogens is 1. The first-order chi connectivity index (χ1) is 10.6. The molecule has 1 amide bonds. The Hall–Kier alpha value is -2.22. The minimum Gasteiger partial charge on any atom is -0.336 e. The Morgan fingerprint density at radius 1 is 1.45 bits per heavy atom. The molecular weight excluding hydrogens is 282 g/mol. The predicted octanol–water partition coefficient (Wildman–Crippen LogP) is 0.162. The number of carbonyl (C=O) groups is 1. The van der Waals surface area contributed by atoms with Gasteiger partial charge in [-0.05, 0) is 6.07 Å². The summed E-state index contributed by atoms with van der Waals surface area (Å²) in [6, 6.07) is 1.97. The minimum absolute atomic E-state index is 0.0198. The number of hydrogen-bond donors (Lipinski definition) is 2. The molecule has 0 saturated carbocycles. The molecule has 0 unspecified atom stereocenters. The molecular formula is C14H21N7O. The van der Waals surface area contributed by atoms with Gasteiger partial charge in [0, 0.05) is 39.2 Å². The topological polar surface area (TPSA) is 91.7 Å². The molecule has 22 heavy (non-hydrogen) atoms. The first-order valence-electron chi connectivity index (χ1n) is 7.47. The number of carbonyl (C=O) groups excluding carboxylic acids is 1. The Morgan fingerprint density at radius 2 is 2.27 bits per heavy atom. The van der Waals surface area contributed by atoms with Crippen LogP contribution in [0.15, 0.2) is 12.3 Å². The van der Waals surface area contributed by atoms with Crippen LogP contribution in [0.5, 0.6) is 0 Å². The van der Waals surface area contributed by atoms with E-state index in [1.54, 1.807) is 11.1 Å². The van der Waals surface area contributed by atoms with Crippen molar-refractivity contribution in [2.24, 2.45) is 7.05 Å². The monoisotopic (exact) mass is 303 g/mol. The van der Waals surface area contributed by atoms with E-state index >= 15 is 0 Å². The Kier molecular flexibility index (Phi) is 3.93. The zero-order valence-electron chi connectivity index (χ0n) is 13.1. The summed E-state index contributed by atoms with van der Waals surface area (Å²) >= 11 is 0. The summed E-state index contributed by atoms with van der Waals surface area (Å²) in [7, 11) is 3.73. The van der Waals surface area contributed by atoms with Crippen LogP contribution in [0, 0.1) is 0 Å². The molecule has 1 aliphatic heterocycles. The fraction of sp³-hybridized carbons (Fsp3) is 0.571. The van der Waals surface area contributed by atoms with Gasteiger partial charge in [0.2, 0.25) is 5.91 Å². The fourth-order valence-electron chi connectivity index (χ4n) is 2.93. The van der Waals surface area contributed by atoms with Crippen LogP contribution in [0.2, 0.25) is 0 Å². The summed E-state index contributed by atoms with van der Waals surface area (Å²) in [5.74, 6) is 1.73. The SMILES string of the molecule is CCc1n[nH]c(CN[C@@H]2CC(=O)N(C)[C@H]2c2ccnn2C)n1. The minimum atomic E-state index is -0.0198. The zero-order valence-corrected chi connectivity index (χ0v) is 13.1. The van der Waals surface area contributed by atoms with E-state index < -0.39 is 0 Å². The van der Waals surface area contributed by atoms with Crippen LogP contribution in [-0.2, 0) is 24.8 Å². The Labute approximate surface area is 128 Å². The maximum Gasteiger partial charge on any atom is 0.224 e. The number of amides is 1. The van der Waals surface area contributed by atoms with Gasteiger partial charge in [-0.2, -0.15) is 10.2 Å². The number of likely N-dealkylation sites (N-methyl/N-ethyl adjacent to an activating group) is 1. The Balaban J connectivity index is 1.73. The quantitative estimate of drug-likeness (QED) is 0.821. The van der Waals surface area contributed by atoms with Crippen LogP contribution in [-0.4, -0.2) is 48.9 Å². The summed E-state index contributed by atoms with van der Waals surface area (Å²) in [6.45, 7) is 2.58. The van der Waals surface area contributed by atoms with Crippen molar-refractivity contribution in [2.75, 3.05) is 7.05 Å². The molecule has 0 aliphatic carbocycles. The molecule has 8 heteroatoms. The molecule has 118 valence electrons. The molecule has 2 aromatic heterocycles. The largest absolute Gasteiger partial charge is 0.336 e. The lowest BCUT2D eigenvalue weighted by molar-refractivity contribution is -0.127. The third-order valence-corrected chi connectivity index (χ3v) is 4.17. The van der Waals surface area contributed by atoms with E-state index in [9.17, 15) is 4.79 Å². The Bertz CT molecular complexity index is 662. The fourth-order valence-corrected chi connectivity index (χ4v) is 2.93. The predicted molar refractivity (Wildman–Crippen MR) is 79.7 cm³/mol. The summed E-state index contributed by atoms with van der Waals surface area (Å²) in [6.07, 6.45) is 3.03. The highest BCUT2D eigenvalue weighted by molar-refractivity contribution is 5.80. The third-order valence-electron chi connectivity index (χ3n) is 4.17. The summed E-state index contributed by atoms with van der Waals surface area (Å²) in [5.41, 5.74) is 1.03. The number of rotatable bonds is 5. The summed E-state index contributed by atoms with van der Waals surface area (Å²) in [4.78, 5) is 18.3. The van der Waals surface area contributed by atoms with Crippen LogP contribution in [0.4, 0.5) is 0 Å². The Morgan fingerprint density at radius 3 is 2.91 bits per heavy atom. The van der Waals surface area contributed by atoms with E-state index in [0.29, 0.717) is 13.0 Å². The van der Waals surface area contributed by atoms with Gasteiger partial charge in [0.25, 0.3) is 0 Å². The normalized spacial score (nSPS) is 21.8. The van der Waals surface area contributed by atoms with Crippen molar-refractivity contribution >= 4 is 5.91 Å². The number of aromatic amines is 1. The van der Waals surface area contributed by atoms with Crippen molar-refractivity contribution in [3.8, 4) is 0 Å². The van der Waals surface area contributed by atoms with Crippen LogP contribution in [0.3, 0.4) is 0 Å². The molecule has 1 fully saturated rings. The van der Waals surface area contributed by atoms with Gasteiger partial charge in [0.05, 0.1) is 18.3 Å². The molecule has 0 aromatic carbocycles. The highest BCUT2D eigenvalue weighted by Crippen LogP contribution is 2.31. The molecule has 8 nitrogen and oxygen atoms in total. The first kappa shape index (κ1) is 14.7. The van der Waals surface area contributed by atoms with Gasteiger partial charge in [0.15, 0.2) is 0 Å². The standard InChI is InChI=1S/C14H21N7O/c1-4-11-17-12(19-18-11)8-15-9-7-13(22)20(2)14(9)10-5-6-16-21(10)3/h5-6,9,14-15H,4,7-8H2,1-3H3,(H,17,18,19)/t9-,14-/m1/s1. The lowest BCUT2D eigenvalue weighted by Gasteiger charge is -2.25. The van der Waals surface area contributed by atoms with Gasteiger partial charge >= 0.3 is 0 Å². The second-order valence-corrected chi connectivity index (χ2v) is 5.57. The van der Waals surface area contributed by atoms with Crippen molar-refractivity contribution in [3.63, 3.8) is 0 Å². The molecule has 0 radical (unpaired) electrons. The molecule has 0 spiro atoms. The lowest BCUT2D eigenvalue weighted by Crippen LogP contribution is -2.36. The molecule has 2 N–H and O–H groups in total. The van der Waals surface area contributed by atoms with Gasteiger partial charge in [0.1, 0.15) is 11.6 Å². The van der Waals surface area contributed by atoms with Gasteiger partial charge in [-0.3, -0.25) is 14.6 Å². The van der Waals surface area contributed by atoms with Gasteiger partial charge in [-0.15, -0.1) is 0 Å². The highest BCUT2D eigenvalue weighted by Gasteiger charge is 2.39. The number of likely N-dealkylation sites (tertiary alicyclic amines) is 1. The maximum absolute atomic E-state index is 12.1. The molecule has 0 bridgehead atoms. The summed E-state index contributed by atoms with van der Waals surface area (Å²) < 4.78 is 1.82. The molecule has 2 aromatic rings. The molecule has 1 aliphatic rings. The smallest absolute Gasteiger partial charge is 0.224 e. The average Bonchev–Trinajstić information content (AvgIpc) is 3.19. The molecule has 3 rings (SSSR count). The van der Waals surface area contributed by atoms with E-state index in [-0.39, 0.29) is 18.0 Å². The van der Waals surface area contributed by atoms with Gasteiger partial charge < -0.3 is 10.2 Å². The van der Waals surface area contributed by atoms with Crippen LogP contribution >= 0.6 is 0 Å². The van der Waals surface area contributed by atoms with Crippen molar-refractivity contribution in [1.82, 2.24) is 35.2 Å². The highest BCUT2D eigenvalue weighted by atomic mass is 16.2. The number of nitrogens with zero attached hydrogens (tertiary/aromatic N) is 5. The van der Waals surface area contributed by atoms with E-state index in [0.717, 1.165) is 23.8 Å². The maximum atomic E-state index is 12.1. The number of aromatic nitrogens is 5. The summed E-state index contributed by atoms with van der Waals surface area (Å²) in [5, 5.41) is 14.7. The molecule has 1 saturated heterocycles. The zero-order chi connectivity index (χ0) is 15.7. The van der Waals surface area contributed by atoms with Crippen molar-refractivity contribution in [3.05, 3.63) is 29.6 Å². The molecule has 3 heterocycles. The van der Waals surface area contributed by atoms with Crippen molar-refractivity contribution in [2.45, 2.75) is 38.4 Å². The van der Waals surface area contributed by atoms with Crippen LogP contribution in [0.1, 0.15) is 36.7 Å². The van der Waals surface area contributed by atoms with Gasteiger partial charge in [-0.1, -0.05) is 6.92 Å². The second-order valence-electron chi connectivity index (χ2n) is 5.57. The number of nitrogens with one attached hydrogen (secondary N) is 2. The van der Waals surface area contributed by atoms with E-state index in [4.69, 9.17) is 0 Å². The van der Waals surface area contributed by atoms with Crippen molar-refractivity contribution < 1.29 is 4.79 Å². The van der Waals surface area contributed by atoms with E-state index in [1.165, 1.54) is 0 Å². The first-order valence-corrected chi connectivity index (χ1v) is 7.47. The second kappa shape index (κ2) is 5.88. The van der Waals surface area contributed by atoms with Crippen LogP contribution < -0.4 is 5.32 Å². The van der Waals surface area contributed by atoms with Crippen LogP contribution in [0.25, 0.3) is 0 Å². The average molecular weight is 303 g/mol. The molecule has 2 atom stereocenters. The van der Waals surface area contributed by atoms with E-state index in [2.05, 4.69) is 25.6 Å².